The van der Waals surface area contributed by atoms with Crippen molar-refractivity contribution in [1.82, 2.24) is 9.80 Å². The third-order valence-corrected chi connectivity index (χ3v) is 5.31. The van der Waals surface area contributed by atoms with E-state index < -0.39 is 5.97 Å². The fraction of sp³-hybridized carbons (Fsp3) is 0.824. The average molecular weight is 340 g/mol. The largest absolute Gasteiger partial charge is 0.481 e. The maximum absolute atomic E-state index is 12.5. The molecule has 2 saturated heterocycles. The number of hydrogen-bond donors (Lipinski definition) is 1. The topological polar surface area (TPSA) is 87.2 Å². The van der Waals surface area contributed by atoms with Gasteiger partial charge in [-0.2, -0.15) is 0 Å². The lowest BCUT2D eigenvalue weighted by molar-refractivity contribution is -0.147. The second-order valence-electron chi connectivity index (χ2n) is 6.93. The summed E-state index contributed by atoms with van der Waals surface area (Å²) in [5.41, 5.74) is 0. The number of piperidine rings is 1. The SMILES string of the molecule is CC(C(=O)N(C)CC(=O)N1CCC(C(=O)O)CC1)C1CCOCC1. The molecule has 2 fully saturated rings. The van der Waals surface area contributed by atoms with Crippen molar-refractivity contribution in [1.29, 1.82) is 0 Å². The first-order valence-corrected chi connectivity index (χ1v) is 8.73. The van der Waals surface area contributed by atoms with Gasteiger partial charge in [-0.25, -0.2) is 0 Å². The van der Waals surface area contributed by atoms with Gasteiger partial charge in [0.2, 0.25) is 11.8 Å². The Morgan fingerprint density at radius 3 is 2.29 bits per heavy atom. The summed E-state index contributed by atoms with van der Waals surface area (Å²) in [5.74, 6) is -1.05. The average Bonchev–Trinajstić information content (AvgIpc) is 2.61. The number of nitrogens with zero attached hydrogens (tertiary/aromatic N) is 2. The first kappa shape index (κ1) is 18.7. The highest BCUT2D eigenvalue weighted by Gasteiger charge is 2.31. The van der Waals surface area contributed by atoms with Crippen molar-refractivity contribution < 1.29 is 24.2 Å². The maximum atomic E-state index is 12.5. The molecule has 1 N–H and O–H groups in total. The van der Waals surface area contributed by atoms with Crippen molar-refractivity contribution in [3.63, 3.8) is 0 Å². The second-order valence-corrected chi connectivity index (χ2v) is 6.93. The van der Waals surface area contributed by atoms with E-state index in [1.165, 1.54) is 4.90 Å². The number of hydrogen-bond acceptors (Lipinski definition) is 4. The molecular weight excluding hydrogens is 312 g/mol. The van der Waals surface area contributed by atoms with Crippen LogP contribution in [0.3, 0.4) is 0 Å². The Bertz CT molecular complexity index is 468. The van der Waals surface area contributed by atoms with E-state index in [9.17, 15) is 14.4 Å². The van der Waals surface area contributed by atoms with E-state index in [1.54, 1.807) is 11.9 Å². The molecule has 7 heteroatoms. The fourth-order valence-corrected chi connectivity index (χ4v) is 3.52. The van der Waals surface area contributed by atoms with Crippen LogP contribution in [0.5, 0.6) is 0 Å². The molecule has 0 bridgehead atoms. The van der Waals surface area contributed by atoms with Gasteiger partial charge in [0, 0.05) is 39.3 Å². The molecule has 1 unspecified atom stereocenters. The van der Waals surface area contributed by atoms with Gasteiger partial charge in [0.15, 0.2) is 0 Å². The summed E-state index contributed by atoms with van der Waals surface area (Å²) >= 11 is 0. The Kier molecular flexibility index (Phi) is 6.60. The van der Waals surface area contributed by atoms with Gasteiger partial charge >= 0.3 is 5.97 Å². The third kappa shape index (κ3) is 4.69. The lowest BCUT2D eigenvalue weighted by atomic mass is 9.86. The van der Waals surface area contributed by atoms with Crippen LogP contribution in [0.25, 0.3) is 0 Å². The van der Waals surface area contributed by atoms with Gasteiger partial charge in [0.05, 0.1) is 12.5 Å². The molecule has 2 rings (SSSR count). The Labute approximate surface area is 142 Å². The molecule has 2 heterocycles. The zero-order chi connectivity index (χ0) is 17.7. The lowest BCUT2D eigenvalue weighted by Gasteiger charge is -2.33. The quantitative estimate of drug-likeness (QED) is 0.801. The molecule has 24 heavy (non-hydrogen) atoms. The van der Waals surface area contributed by atoms with Crippen molar-refractivity contribution in [3.05, 3.63) is 0 Å². The van der Waals surface area contributed by atoms with Gasteiger partial charge in [-0.15, -0.1) is 0 Å². The number of likely N-dealkylation sites (tertiary alicyclic amines) is 1. The summed E-state index contributed by atoms with van der Waals surface area (Å²) in [6.07, 6.45) is 2.74. The maximum Gasteiger partial charge on any atom is 0.306 e. The molecule has 7 nitrogen and oxygen atoms in total. The number of carboxylic acids is 1. The normalized spacial score (nSPS) is 21.3. The third-order valence-electron chi connectivity index (χ3n) is 5.31. The molecule has 0 aromatic heterocycles. The predicted octanol–water partition coefficient (Wildman–Crippen LogP) is 0.831. The molecule has 0 aromatic carbocycles. The molecule has 136 valence electrons. The van der Waals surface area contributed by atoms with Crippen molar-refractivity contribution in [2.45, 2.75) is 32.6 Å². The number of ether oxygens (including phenoxy) is 1. The van der Waals surface area contributed by atoms with Crippen LogP contribution < -0.4 is 0 Å². The first-order valence-electron chi connectivity index (χ1n) is 8.73. The van der Waals surface area contributed by atoms with E-state index in [4.69, 9.17) is 9.84 Å². The van der Waals surface area contributed by atoms with Crippen LogP contribution in [0.4, 0.5) is 0 Å². The van der Waals surface area contributed by atoms with Crippen LogP contribution in [-0.4, -0.2) is 72.6 Å². The van der Waals surface area contributed by atoms with Gasteiger partial charge in [0.25, 0.3) is 0 Å². The van der Waals surface area contributed by atoms with Gasteiger partial charge in [-0.3, -0.25) is 14.4 Å². The predicted molar refractivity (Wildman–Crippen MR) is 87.3 cm³/mol. The minimum Gasteiger partial charge on any atom is -0.481 e. The Balaban J connectivity index is 1.80. The van der Waals surface area contributed by atoms with E-state index in [0.29, 0.717) is 45.1 Å². The molecule has 2 amide bonds. The highest BCUT2D eigenvalue weighted by atomic mass is 16.5. The van der Waals surface area contributed by atoms with Crippen molar-refractivity contribution in [2.75, 3.05) is 39.9 Å². The van der Waals surface area contributed by atoms with E-state index in [-0.39, 0.29) is 30.2 Å². The Hall–Kier alpha value is -1.63. The number of carboxylic acid groups (broad SMARTS) is 1. The summed E-state index contributed by atoms with van der Waals surface area (Å²) in [4.78, 5) is 39.0. The number of likely N-dealkylation sites (N-methyl/N-ethyl adjacent to an activating group) is 1. The van der Waals surface area contributed by atoms with Crippen LogP contribution in [0.2, 0.25) is 0 Å². The van der Waals surface area contributed by atoms with Crippen LogP contribution in [0.15, 0.2) is 0 Å². The highest BCUT2D eigenvalue weighted by Crippen LogP contribution is 2.25. The van der Waals surface area contributed by atoms with Crippen LogP contribution in [0.1, 0.15) is 32.6 Å². The molecule has 1 atom stereocenters. The van der Waals surface area contributed by atoms with Crippen molar-refractivity contribution in [2.24, 2.45) is 17.8 Å². The summed E-state index contributed by atoms with van der Waals surface area (Å²) in [6, 6.07) is 0. The highest BCUT2D eigenvalue weighted by molar-refractivity contribution is 5.86. The molecule has 2 aliphatic heterocycles. The van der Waals surface area contributed by atoms with Crippen LogP contribution >= 0.6 is 0 Å². The van der Waals surface area contributed by atoms with Crippen LogP contribution in [0, 0.1) is 17.8 Å². The van der Waals surface area contributed by atoms with Crippen molar-refractivity contribution >= 4 is 17.8 Å². The summed E-state index contributed by atoms with van der Waals surface area (Å²) in [5, 5.41) is 9.00. The van der Waals surface area contributed by atoms with Crippen molar-refractivity contribution in [3.8, 4) is 0 Å². The Morgan fingerprint density at radius 1 is 1.17 bits per heavy atom. The van der Waals surface area contributed by atoms with E-state index >= 15 is 0 Å². The molecular formula is C17H28N2O5. The molecule has 0 aliphatic carbocycles. The van der Waals surface area contributed by atoms with E-state index in [1.807, 2.05) is 6.92 Å². The van der Waals surface area contributed by atoms with Gasteiger partial charge in [-0.1, -0.05) is 6.92 Å². The summed E-state index contributed by atoms with van der Waals surface area (Å²) < 4.78 is 5.33. The molecule has 0 spiro atoms. The smallest absolute Gasteiger partial charge is 0.306 e. The monoisotopic (exact) mass is 340 g/mol. The minimum atomic E-state index is -0.792. The van der Waals surface area contributed by atoms with E-state index in [0.717, 1.165) is 12.8 Å². The Morgan fingerprint density at radius 2 is 1.75 bits per heavy atom. The number of amides is 2. The summed E-state index contributed by atoms with van der Waals surface area (Å²) in [6.45, 7) is 4.29. The zero-order valence-electron chi connectivity index (χ0n) is 14.6. The lowest BCUT2D eigenvalue weighted by Crippen LogP contribution is -2.47. The van der Waals surface area contributed by atoms with E-state index in [2.05, 4.69) is 0 Å². The number of carbonyl (C=O) groups is 3. The standard InChI is InChI=1S/C17H28N2O5/c1-12(13-5-9-24-10-6-13)16(21)18(2)11-15(20)19-7-3-14(4-8-19)17(22)23/h12-14H,3-11H2,1-2H3,(H,22,23). The summed E-state index contributed by atoms with van der Waals surface area (Å²) in [7, 11) is 1.67. The van der Waals surface area contributed by atoms with Gasteiger partial charge in [0.1, 0.15) is 0 Å². The minimum absolute atomic E-state index is 0.00401. The number of carbonyl (C=O) groups excluding carboxylic acids is 2. The zero-order valence-corrected chi connectivity index (χ0v) is 14.6. The first-order chi connectivity index (χ1) is 11.4. The van der Waals surface area contributed by atoms with Gasteiger partial charge < -0.3 is 19.6 Å². The molecule has 0 saturated carbocycles. The molecule has 0 radical (unpaired) electrons. The number of rotatable bonds is 5. The van der Waals surface area contributed by atoms with Crippen LogP contribution in [-0.2, 0) is 19.1 Å². The fourth-order valence-electron chi connectivity index (χ4n) is 3.52. The van der Waals surface area contributed by atoms with Gasteiger partial charge in [-0.05, 0) is 31.6 Å². The molecule has 2 aliphatic rings. The molecule has 0 aromatic rings. The number of aliphatic carboxylic acids is 1. The second kappa shape index (κ2) is 8.46.